The molecule has 0 aliphatic heterocycles. The maximum absolute atomic E-state index is 8.77. The molecule has 1 rings (SSSR count). The molecule has 11 heavy (non-hydrogen) atoms. The normalized spacial score (nSPS) is 11.1. The molecular weight excluding hydrogens is 206 g/mol. The second kappa shape index (κ2) is 2.67. The second-order valence-corrected chi connectivity index (χ2v) is 3.68. The van der Waals surface area contributed by atoms with Gasteiger partial charge in [0.05, 0.1) is 27.8 Å². The lowest BCUT2D eigenvalue weighted by Crippen LogP contribution is -2.14. The lowest BCUT2D eigenvalue weighted by molar-refractivity contribution is 0.652. The Kier molecular flexibility index (Phi) is 2.01. The van der Waals surface area contributed by atoms with Gasteiger partial charge in [0, 0.05) is 0 Å². The largest absolute Gasteiger partial charge is 0.280 e. The molecule has 0 aromatic carbocycles. The standard InChI is InChI=1S/C7H8BrN3/c1-7(2,4-9)6-5(8)3-10-11-6/h3H,1-2H3,(H,10,11). The summed E-state index contributed by atoms with van der Waals surface area (Å²) >= 11 is 3.30. The van der Waals surface area contributed by atoms with E-state index in [2.05, 4.69) is 32.2 Å². The van der Waals surface area contributed by atoms with Crippen LogP contribution in [0.2, 0.25) is 0 Å². The van der Waals surface area contributed by atoms with Crippen molar-refractivity contribution in [2.24, 2.45) is 0 Å². The molecule has 1 heterocycles. The van der Waals surface area contributed by atoms with Crippen LogP contribution in [0.4, 0.5) is 0 Å². The third-order valence-electron chi connectivity index (χ3n) is 1.50. The second-order valence-electron chi connectivity index (χ2n) is 2.83. The molecule has 0 bridgehead atoms. The molecule has 1 aromatic heterocycles. The van der Waals surface area contributed by atoms with Crippen molar-refractivity contribution in [1.29, 1.82) is 5.26 Å². The molecule has 3 nitrogen and oxygen atoms in total. The summed E-state index contributed by atoms with van der Waals surface area (Å²) in [6, 6.07) is 2.18. The van der Waals surface area contributed by atoms with Gasteiger partial charge in [0.25, 0.3) is 0 Å². The number of nitrogens with one attached hydrogen (secondary N) is 1. The van der Waals surface area contributed by atoms with Crippen LogP contribution in [0.3, 0.4) is 0 Å². The van der Waals surface area contributed by atoms with E-state index in [1.165, 1.54) is 0 Å². The number of aromatic amines is 1. The third-order valence-corrected chi connectivity index (χ3v) is 2.10. The summed E-state index contributed by atoms with van der Waals surface area (Å²) in [5, 5.41) is 15.4. The first-order valence-corrected chi connectivity index (χ1v) is 3.98. The molecule has 58 valence electrons. The molecule has 0 atom stereocenters. The first kappa shape index (κ1) is 8.28. The molecule has 1 aromatic rings. The summed E-state index contributed by atoms with van der Waals surface area (Å²) in [7, 11) is 0. The van der Waals surface area contributed by atoms with Gasteiger partial charge in [-0.25, -0.2) is 0 Å². The number of halogens is 1. The van der Waals surface area contributed by atoms with Gasteiger partial charge in [0.2, 0.25) is 0 Å². The lowest BCUT2D eigenvalue weighted by atomic mass is 9.92. The monoisotopic (exact) mass is 213 g/mol. The molecule has 0 fully saturated rings. The molecule has 0 saturated heterocycles. The average Bonchev–Trinajstić information content (AvgIpc) is 2.36. The smallest absolute Gasteiger partial charge is 0.0942 e. The zero-order valence-corrected chi connectivity index (χ0v) is 7.94. The first-order valence-electron chi connectivity index (χ1n) is 3.18. The SMILES string of the molecule is CC(C)(C#N)c1[nH]ncc1Br. The highest BCUT2D eigenvalue weighted by molar-refractivity contribution is 9.10. The molecule has 1 N–H and O–H groups in total. The zero-order valence-electron chi connectivity index (χ0n) is 6.35. The van der Waals surface area contributed by atoms with Crippen LogP contribution < -0.4 is 0 Å². The Morgan fingerprint density at radius 1 is 1.73 bits per heavy atom. The molecule has 0 radical (unpaired) electrons. The zero-order chi connectivity index (χ0) is 8.48. The molecule has 0 spiro atoms. The van der Waals surface area contributed by atoms with E-state index in [4.69, 9.17) is 5.26 Å². The summed E-state index contributed by atoms with van der Waals surface area (Å²) in [5.74, 6) is 0. The van der Waals surface area contributed by atoms with Crippen molar-refractivity contribution < 1.29 is 0 Å². The maximum Gasteiger partial charge on any atom is 0.0942 e. The fourth-order valence-electron chi connectivity index (χ4n) is 0.766. The minimum absolute atomic E-state index is 0.505. The molecule has 0 aliphatic rings. The predicted molar refractivity (Wildman–Crippen MR) is 44.9 cm³/mol. The Balaban J connectivity index is 3.13. The number of hydrogen-bond acceptors (Lipinski definition) is 2. The molecular formula is C7H8BrN3. The number of H-pyrrole nitrogens is 1. The fourth-order valence-corrected chi connectivity index (χ4v) is 1.45. The number of rotatable bonds is 1. The predicted octanol–water partition coefficient (Wildman–Crippen LogP) is 1.97. The van der Waals surface area contributed by atoms with Gasteiger partial charge in [-0.3, -0.25) is 5.10 Å². The molecule has 0 amide bonds. The van der Waals surface area contributed by atoms with Crippen molar-refractivity contribution in [2.45, 2.75) is 19.3 Å². The molecule has 0 saturated carbocycles. The Bertz CT molecular complexity index is 295. The van der Waals surface area contributed by atoms with E-state index in [0.29, 0.717) is 0 Å². The van der Waals surface area contributed by atoms with Crippen LogP contribution in [0.15, 0.2) is 10.7 Å². The fraction of sp³-hybridized carbons (Fsp3) is 0.429. The van der Waals surface area contributed by atoms with E-state index in [-0.39, 0.29) is 0 Å². The Hall–Kier alpha value is -0.820. The van der Waals surface area contributed by atoms with Crippen molar-refractivity contribution in [1.82, 2.24) is 10.2 Å². The highest BCUT2D eigenvalue weighted by Crippen LogP contribution is 2.26. The van der Waals surface area contributed by atoms with Gasteiger partial charge < -0.3 is 0 Å². The van der Waals surface area contributed by atoms with Crippen LogP contribution in [-0.4, -0.2) is 10.2 Å². The van der Waals surface area contributed by atoms with Crippen LogP contribution in [0.1, 0.15) is 19.5 Å². The average molecular weight is 214 g/mol. The molecule has 0 unspecified atom stereocenters. The summed E-state index contributed by atoms with van der Waals surface area (Å²) in [6.45, 7) is 3.68. The van der Waals surface area contributed by atoms with E-state index >= 15 is 0 Å². The number of hydrogen-bond donors (Lipinski definition) is 1. The lowest BCUT2D eigenvalue weighted by Gasteiger charge is -2.12. The van der Waals surface area contributed by atoms with Gasteiger partial charge in [0.15, 0.2) is 0 Å². The molecule has 4 heteroatoms. The summed E-state index contributed by atoms with van der Waals surface area (Å²) in [6.07, 6.45) is 1.65. The van der Waals surface area contributed by atoms with E-state index < -0.39 is 5.41 Å². The maximum atomic E-state index is 8.77. The first-order chi connectivity index (χ1) is 5.08. The van der Waals surface area contributed by atoms with Crippen molar-refractivity contribution in [3.8, 4) is 6.07 Å². The van der Waals surface area contributed by atoms with Gasteiger partial charge in [-0.15, -0.1) is 0 Å². The van der Waals surface area contributed by atoms with E-state index in [1.54, 1.807) is 6.20 Å². The Labute approximate surface area is 73.5 Å². The minimum atomic E-state index is -0.505. The van der Waals surface area contributed by atoms with E-state index in [9.17, 15) is 0 Å². The van der Waals surface area contributed by atoms with Crippen LogP contribution in [-0.2, 0) is 5.41 Å². The molecule has 0 aliphatic carbocycles. The van der Waals surface area contributed by atoms with Crippen LogP contribution in [0.5, 0.6) is 0 Å². The minimum Gasteiger partial charge on any atom is -0.280 e. The summed E-state index contributed by atoms with van der Waals surface area (Å²) in [4.78, 5) is 0. The van der Waals surface area contributed by atoms with Crippen LogP contribution in [0.25, 0.3) is 0 Å². The van der Waals surface area contributed by atoms with E-state index in [0.717, 1.165) is 10.2 Å². The van der Waals surface area contributed by atoms with Crippen molar-refractivity contribution in [3.63, 3.8) is 0 Å². The van der Waals surface area contributed by atoms with Gasteiger partial charge in [-0.1, -0.05) is 0 Å². The third kappa shape index (κ3) is 1.43. The van der Waals surface area contributed by atoms with Crippen molar-refractivity contribution >= 4 is 15.9 Å². The van der Waals surface area contributed by atoms with E-state index in [1.807, 2.05) is 13.8 Å². The Morgan fingerprint density at radius 2 is 2.36 bits per heavy atom. The van der Waals surface area contributed by atoms with Crippen molar-refractivity contribution in [2.75, 3.05) is 0 Å². The van der Waals surface area contributed by atoms with Crippen molar-refractivity contribution in [3.05, 3.63) is 16.4 Å². The topological polar surface area (TPSA) is 52.5 Å². The highest BCUT2D eigenvalue weighted by atomic mass is 79.9. The van der Waals surface area contributed by atoms with Gasteiger partial charge >= 0.3 is 0 Å². The highest BCUT2D eigenvalue weighted by Gasteiger charge is 2.23. The summed E-state index contributed by atoms with van der Waals surface area (Å²) < 4.78 is 0.851. The number of aromatic nitrogens is 2. The van der Waals surface area contributed by atoms with Gasteiger partial charge in [-0.05, 0) is 29.8 Å². The van der Waals surface area contributed by atoms with Gasteiger partial charge in [0.1, 0.15) is 0 Å². The summed E-state index contributed by atoms with van der Waals surface area (Å²) in [5.41, 5.74) is 0.315. The van der Waals surface area contributed by atoms with Crippen LogP contribution in [0, 0.1) is 11.3 Å². The quantitative estimate of drug-likeness (QED) is 0.776. The van der Waals surface area contributed by atoms with Crippen LogP contribution >= 0.6 is 15.9 Å². The Morgan fingerprint density at radius 3 is 2.73 bits per heavy atom. The van der Waals surface area contributed by atoms with Gasteiger partial charge in [-0.2, -0.15) is 10.4 Å². The number of nitrogens with zero attached hydrogens (tertiary/aromatic N) is 2. The number of nitriles is 1.